The zero-order valence-electron chi connectivity index (χ0n) is 17.6. The van der Waals surface area contributed by atoms with E-state index in [1.54, 1.807) is 12.1 Å². The summed E-state index contributed by atoms with van der Waals surface area (Å²) in [6.45, 7) is 8.54. The molecule has 0 unspecified atom stereocenters. The first-order valence-corrected chi connectivity index (χ1v) is 10.2. The molecule has 0 amide bonds. The Morgan fingerprint density at radius 2 is 1.73 bits per heavy atom. The Bertz CT molecular complexity index is 1250. The molecule has 3 aromatic rings. The van der Waals surface area contributed by atoms with Crippen LogP contribution in [0.25, 0.3) is 28.5 Å². The number of benzene rings is 3. The number of allylic oxidation sites excluding steroid dienone is 1. The molecule has 2 heterocycles. The van der Waals surface area contributed by atoms with Crippen molar-refractivity contribution in [3.05, 3.63) is 88.7 Å². The summed E-state index contributed by atoms with van der Waals surface area (Å²) in [4.78, 5) is 0. The molecule has 2 nitrogen and oxygen atoms in total. The number of hydrogen-bond acceptors (Lipinski definition) is 2. The van der Waals surface area contributed by atoms with Gasteiger partial charge >= 0.3 is 0 Å². The Hall–Kier alpha value is -3.33. The zero-order valence-corrected chi connectivity index (χ0v) is 17.6. The minimum absolute atomic E-state index is 0.134. The molecule has 0 saturated heterocycles. The van der Waals surface area contributed by atoms with Crippen molar-refractivity contribution >= 4 is 23.1 Å². The summed E-state index contributed by atoms with van der Waals surface area (Å²) < 4.78 is 20.5. The first-order valence-electron chi connectivity index (χ1n) is 10.2. The standard InChI is InChI=1S/C27H24FNO/c1-16-7-5-6-8-18(16)13-24-26-20(21-14-19(28)9-12-23(21)30-24)10-11-22-25(26)17(2)15-27(3,4)29-22/h5-15,29H,1-4H3. The van der Waals surface area contributed by atoms with Gasteiger partial charge in [-0.1, -0.05) is 36.4 Å². The van der Waals surface area contributed by atoms with E-state index in [9.17, 15) is 4.39 Å². The van der Waals surface area contributed by atoms with E-state index in [1.807, 2.05) is 12.1 Å². The number of aryl methyl sites for hydroxylation is 1. The van der Waals surface area contributed by atoms with Gasteiger partial charge in [0.25, 0.3) is 0 Å². The van der Waals surface area contributed by atoms with E-state index in [0.29, 0.717) is 5.75 Å². The van der Waals surface area contributed by atoms with Crippen LogP contribution in [0.2, 0.25) is 0 Å². The monoisotopic (exact) mass is 397 g/mol. The molecule has 0 spiro atoms. The largest absolute Gasteiger partial charge is 0.456 e. The third-order valence-corrected chi connectivity index (χ3v) is 5.81. The summed E-state index contributed by atoms with van der Waals surface area (Å²) in [5.74, 6) is 1.19. The summed E-state index contributed by atoms with van der Waals surface area (Å²) in [5, 5.41) is 3.61. The van der Waals surface area contributed by atoms with Crippen molar-refractivity contribution in [1.29, 1.82) is 0 Å². The normalized spacial score (nSPS) is 17.2. The average molecular weight is 397 g/mol. The van der Waals surface area contributed by atoms with E-state index in [1.165, 1.54) is 17.2 Å². The van der Waals surface area contributed by atoms with E-state index in [0.717, 1.165) is 39.3 Å². The number of rotatable bonds is 1. The van der Waals surface area contributed by atoms with Crippen LogP contribution in [0.3, 0.4) is 0 Å². The Morgan fingerprint density at radius 3 is 2.53 bits per heavy atom. The van der Waals surface area contributed by atoms with E-state index in [4.69, 9.17) is 4.74 Å². The molecule has 2 aliphatic heterocycles. The van der Waals surface area contributed by atoms with Crippen LogP contribution in [0.4, 0.5) is 10.1 Å². The fraction of sp³-hybridized carbons (Fsp3) is 0.185. The molecule has 0 bridgehead atoms. The average Bonchev–Trinajstić information content (AvgIpc) is 2.68. The lowest BCUT2D eigenvalue weighted by atomic mass is 9.83. The van der Waals surface area contributed by atoms with Crippen molar-refractivity contribution in [2.45, 2.75) is 33.2 Å². The van der Waals surface area contributed by atoms with Gasteiger partial charge in [0.1, 0.15) is 17.3 Å². The van der Waals surface area contributed by atoms with Gasteiger partial charge in [-0.3, -0.25) is 0 Å². The van der Waals surface area contributed by atoms with E-state index < -0.39 is 0 Å². The SMILES string of the molecule is CC1=CC(C)(C)Nc2ccc3c(c21)C(=Cc1ccccc1C)Oc1ccc(F)cc1-3. The van der Waals surface area contributed by atoms with Crippen molar-refractivity contribution < 1.29 is 9.13 Å². The molecule has 3 aromatic carbocycles. The van der Waals surface area contributed by atoms with Gasteiger partial charge in [0.15, 0.2) is 0 Å². The smallest absolute Gasteiger partial charge is 0.136 e. The molecule has 5 rings (SSSR count). The fourth-order valence-electron chi connectivity index (χ4n) is 4.56. The summed E-state index contributed by atoms with van der Waals surface area (Å²) >= 11 is 0. The summed E-state index contributed by atoms with van der Waals surface area (Å²) in [6, 6.07) is 17.1. The van der Waals surface area contributed by atoms with Crippen molar-refractivity contribution in [2.24, 2.45) is 0 Å². The van der Waals surface area contributed by atoms with Crippen LogP contribution in [0.5, 0.6) is 5.75 Å². The predicted molar refractivity (Wildman–Crippen MR) is 123 cm³/mol. The minimum atomic E-state index is -0.265. The Kier molecular flexibility index (Phi) is 4.11. The first kappa shape index (κ1) is 18.7. The van der Waals surface area contributed by atoms with Crippen LogP contribution in [0, 0.1) is 12.7 Å². The third kappa shape index (κ3) is 3.02. The van der Waals surface area contributed by atoms with Gasteiger partial charge in [-0.05, 0) is 80.3 Å². The fourth-order valence-corrected chi connectivity index (χ4v) is 4.56. The molecule has 0 aliphatic carbocycles. The number of fused-ring (bicyclic) bond motifs is 5. The van der Waals surface area contributed by atoms with Gasteiger partial charge in [-0.15, -0.1) is 0 Å². The summed E-state index contributed by atoms with van der Waals surface area (Å²) in [6.07, 6.45) is 4.33. The second-order valence-electron chi connectivity index (χ2n) is 8.69. The van der Waals surface area contributed by atoms with Gasteiger partial charge in [-0.25, -0.2) is 4.39 Å². The maximum atomic E-state index is 14.1. The highest BCUT2D eigenvalue weighted by Crippen LogP contribution is 2.49. The van der Waals surface area contributed by atoms with Crippen LogP contribution in [0.1, 0.15) is 43.0 Å². The molecule has 0 fully saturated rings. The van der Waals surface area contributed by atoms with Crippen molar-refractivity contribution in [3.63, 3.8) is 0 Å². The van der Waals surface area contributed by atoms with Crippen LogP contribution in [-0.2, 0) is 0 Å². The molecule has 150 valence electrons. The zero-order chi connectivity index (χ0) is 21.0. The summed E-state index contributed by atoms with van der Waals surface area (Å²) in [5.41, 5.74) is 8.29. The van der Waals surface area contributed by atoms with Crippen molar-refractivity contribution in [2.75, 3.05) is 5.32 Å². The number of anilines is 1. The molecule has 1 N–H and O–H groups in total. The van der Waals surface area contributed by atoms with Crippen LogP contribution >= 0.6 is 0 Å². The van der Waals surface area contributed by atoms with Crippen molar-refractivity contribution in [3.8, 4) is 16.9 Å². The Balaban J connectivity index is 1.82. The second kappa shape index (κ2) is 6.60. The molecule has 3 heteroatoms. The molecular formula is C27H24FNO. The second-order valence-corrected chi connectivity index (χ2v) is 8.69. The highest BCUT2D eigenvalue weighted by atomic mass is 19.1. The maximum Gasteiger partial charge on any atom is 0.136 e. The topological polar surface area (TPSA) is 21.3 Å². The maximum absolute atomic E-state index is 14.1. The molecule has 0 radical (unpaired) electrons. The third-order valence-electron chi connectivity index (χ3n) is 5.81. The predicted octanol–water partition coefficient (Wildman–Crippen LogP) is 7.30. The van der Waals surface area contributed by atoms with Crippen LogP contribution < -0.4 is 10.1 Å². The number of ether oxygens (including phenoxy) is 1. The first-order chi connectivity index (χ1) is 14.3. The minimum Gasteiger partial charge on any atom is -0.456 e. The Labute approximate surface area is 176 Å². The lowest BCUT2D eigenvalue weighted by molar-refractivity contribution is 0.511. The molecule has 0 atom stereocenters. The van der Waals surface area contributed by atoms with Crippen molar-refractivity contribution in [1.82, 2.24) is 0 Å². The molecule has 2 aliphatic rings. The highest BCUT2D eigenvalue weighted by molar-refractivity contribution is 6.00. The molecular weight excluding hydrogens is 373 g/mol. The molecule has 0 aromatic heterocycles. The van der Waals surface area contributed by atoms with Crippen LogP contribution in [0.15, 0.2) is 60.7 Å². The van der Waals surface area contributed by atoms with Gasteiger partial charge < -0.3 is 10.1 Å². The lowest BCUT2D eigenvalue weighted by Crippen LogP contribution is -2.32. The number of hydrogen-bond donors (Lipinski definition) is 1. The van der Waals surface area contributed by atoms with E-state index in [2.05, 4.69) is 69.4 Å². The quantitative estimate of drug-likeness (QED) is 0.465. The van der Waals surface area contributed by atoms with Gasteiger partial charge in [-0.2, -0.15) is 0 Å². The highest BCUT2D eigenvalue weighted by Gasteiger charge is 2.31. The summed E-state index contributed by atoms with van der Waals surface area (Å²) in [7, 11) is 0. The van der Waals surface area contributed by atoms with E-state index >= 15 is 0 Å². The van der Waals surface area contributed by atoms with Gasteiger partial charge in [0.2, 0.25) is 0 Å². The number of halogens is 1. The van der Waals surface area contributed by atoms with Gasteiger partial charge in [0.05, 0.1) is 5.54 Å². The molecule has 30 heavy (non-hydrogen) atoms. The van der Waals surface area contributed by atoms with Gasteiger partial charge in [0, 0.05) is 22.4 Å². The number of nitrogens with one attached hydrogen (secondary N) is 1. The van der Waals surface area contributed by atoms with E-state index in [-0.39, 0.29) is 11.4 Å². The Morgan fingerprint density at radius 1 is 0.933 bits per heavy atom. The molecule has 0 saturated carbocycles. The van der Waals surface area contributed by atoms with Crippen LogP contribution in [-0.4, -0.2) is 5.54 Å². The lowest BCUT2D eigenvalue weighted by Gasteiger charge is -2.35.